The Morgan fingerprint density at radius 2 is 1.79 bits per heavy atom. The van der Waals surface area contributed by atoms with Crippen molar-refractivity contribution in [2.45, 2.75) is 36.0 Å². The van der Waals surface area contributed by atoms with Crippen LogP contribution in [0.2, 0.25) is 0 Å². The number of amides is 1. The Bertz CT molecular complexity index is 687. The number of aryl methyl sites for hydroxylation is 1. The molecule has 2 aromatic carbocycles. The number of hydrogen-bond donors (Lipinski definition) is 1. The molecule has 0 aromatic heterocycles. The fourth-order valence-electron chi connectivity index (χ4n) is 3.19. The fourth-order valence-corrected chi connectivity index (χ4v) is 4.14. The summed E-state index contributed by atoms with van der Waals surface area (Å²) in [6.45, 7) is 5.40. The van der Waals surface area contributed by atoms with Crippen LogP contribution in [0, 0.1) is 6.92 Å². The minimum absolute atomic E-state index is 0.00734. The molecule has 1 aliphatic heterocycles. The number of likely N-dealkylation sites (tertiary alicyclic amines) is 1. The highest BCUT2D eigenvalue weighted by Gasteiger charge is 2.35. The molecule has 0 spiro atoms. The van der Waals surface area contributed by atoms with Crippen LogP contribution in [-0.2, 0) is 4.79 Å². The Morgan fingerprint density at radius 3 is 2.46 bits per heavy atom. The van der Waals surface area contributed by atoms with Crippen molar-refractivity contribution in [3.05, 3.63) is 65.7 Å². The molecule has 0 aliphatic carbocycles. The fraction of sp³-hybridized carbons (Fsp3) is 0.350. The van der Waals surface area contributed by atoms with E-state index in [1.807, 2.05) is 30.0 Å². The molecule has 3 nitrogen and oxygen atoms in total. The lowest BCUT2D eigenvalue weighted by atomic mass is 9.95. The molecule has 3 atom stereocenters. The van der Waals surface area contributed by atoms with Gasteiger partial charge in [0.25, 0.3) is 0 Å². The van der Waals surface area contributed by atoms with Gasteiger partial charge in [0.05, 0.1) is 5.25 Å². The maximum absolute atomic E-state index is 12.8. The summed E-state index contributed by atoms with van der Waals surface area (Å²) < 4.78 is 0. The number of nitrogens with zero attached hydrogens (tertiary/aromatic N) is 1. The number of hydrogen-bond acceptors (Lipinski definition) is 3. The van der Waals surface area contributed by atoms with E-state index in [1.165, 1.54) is 11.1 Å². The van der Waals surface area contributed by atoms with E-state index in [2.05, 4.69) is 43.3 Å². The zero-order valence-electron chi connectivity index (χ0n) is 14.2. The molecule has 2 N–H and O–H groups in total. The minimum Gasteiger partial charge on any atom is -0.339 e. The monoisotopic (exact) mass is 340 g/mol. The molecule has 1 heterocycles. The standard InChI is InChI=1S/C20H24N2OS/c1-14-8-10-17(11-9-14)24-15(2)20(23)22-12-18(19(21)13-22)16-6-4-3-5-7-16/h3-11,15,18-19H,12-13,21H2,1-2H3/t15?,18-,19+/m0/s1. The predicted molar refractivity (Wildman–Crippen MR) is 100 cm³/mol. The van der Waals surface area contributed by atoms with E-state index in [-0.39, 0.29) is 23.1 Å². The molecule has 1 unspecified atom stereocenters. The van der Waals surface area contributed by atoms with Crippen LogP contribution in [0.25, 0.3) is 0 Å². The molecule has 0 bridgehead atoms. The van der Waals surface area contributed by atoms with Gasteiger partial charge >= 0.3 is 0 Å². The quantitative estimate of drug-likeness (QED) is 0.868. The van der Waals surface area contributed by atoms with Crippen LogP contribution < -0.4 is 5.73 Å². The van der Waals surface area contributed by atoms with E-state index < -0.39 is 0 Å². The summed E-state index contributed by atoms with van der Waals surface area (Å²) >= 11 is 1.61. The largest absolute Gasteiger partial charge is 0.339 e. The highest BCUT2D eigenvalue weighted by atomic mass is 32.2. The van der Waals surface area contributed by atoms with E-state index in [9.17, 15) is 4.79 Å². The summed E-state index contributed by atoms with van der Waals surface area (Å²) in [5, 5.41) is -0.102. The molecule has 1 amide bonds. The molecular weight excluding hydrogens is 316 g/mol. The molecule has 3 rings (SSSR count). The Kier molecular flexibility index (Phi) is 5.27. The van der Waals surface area contributed by atoms with Crippen LogP contribution in [0.4, 0.5) is 0 Å². The summed E-state index contributed by atoms with van der Waals surface area (Å²) in [4.78, 5) is 15.8. The predicted octanol–water partition coefficient (Wildman–Crippen LogP) is 3.43. The van der Waals surface area contributed by atoms with Crippen LogP contribution in [0.15, 0.2) is 59.5 Å². The van der Waals surface area contributed by atoms with Crippen LogP contribution in [-0.4, -0.2) is 35.2 Å². The molecule has 0 saturated carbocycles. The third kappa shape index (κ3) is 3.82. The molecule has 4 heteroatoms. The topological polar surface area (TPSA) is 46.3 Å². The van der Waals surface area contributed by atoms with Crippen molar-refractivity contribution in [1.82, 2.24) is 4.90 Å². The summed E-state index contributed by atoms with van der Waals surface area (Å²) in [6.07, 6.45) is 0. The molecule has 1 saturated heterocycles. The van der Waals surface area contributed by atoms with Gasteiger partial charge in [-0.3, -0.25) is 4.79 Å². The van der Waals surface area contributed by atoms with E-state index in [0.717, 1.165) is 4.90 Å². The van der Waals surface area contributed by atoms with Gasteiger partial charge in [0.15, 0.2) is 0 Å². The van der Waals surface area contributed by atoms with Gasteiger partial charge in [-0.25, -0.2) is 0 Å². The van der Waals surface area contributed by atoms with E-state index in [1.54, 1.807) is 11.8 Å². The molecule has 126 valence electrons. The van der Waals surface area contributed by atoms with E-state index >= 15 is 0 Å². The van der Waals surface area contributed by atoms with Gasteiger partial charge in [-0.2, -0.15) is 0 Å². The lowest BCUT2D eigenvalue weighted by Gasteiger charge is -2.20. The van der Waals surface area contributed by atoms with E-state index in [0.29, 0.717) is 13.1 Å². The number of rotatable bonds is 4. The van der Waals surface area contributed by atoms with Crippen molar-refractivity contribution in [1.29, 1.82) is 0 Å². The Labute approximate surface area is 148 Å². The SMILES string of the molecule is Cc1ccc(SC(C)C(=O)N2C[C@@H](N)[C@H](c3ccccc3)C2)cc1. The van der Waals surface area contributed by atoms with Crippen molar-refractivity contribution in [2.75, 3.05) is 13.1 Å². The molecule has 24 heavy (non-hydrogen) atoms. The number of carbonyl (C=O) groups is 1. The summed E-state index contributed by atoms with van der Waals surface area (Å²) in [7, 11) is 0. The zero-order chi connectivity index (χ0) is 17.1. The highest BCUT2D eigenvalue weighted by Crippen LogP contribution is 2.30. The van der Waals surface area contributed by atoms with Gasteiger partial charge in [0.2, 0.25) is 5.91 Å². The molecule has 1 fully saturated rings. The third-order valence-electron chi connectivity index (χ3n) is 4.59. The van der Waals surface area contributed by atoms with Gasteiger partial charge in [-0.15, -0.1) is 11.8 Å². The summed E-state index contributed by atoms with van der Waals surface area (Å²) in [5.41, 5.74) is 8.76. The normalized spacial score (nSPS) is 21.7. The highest BCUT2D eigenvalue weighted by molar-refractivity contribution is 8.00. The van der Waals surface area contributed by atoms with Gasteiger partial charge in [0, 0.05) is 29.9 Å². The first-order valence-electron chi connectivity index (χ1n) is 8.37. The Morgan fingerprint density at radius 1 is 1.12 bits per heavy atom. The van der Waals surface area contributed by atoms with Crippen LogP contribution >= 0.6 is 11.8 Å². The second-order valence-electron chi connectivity index (χ2n) is 6.50. The van der Waals surface area contributed by atoms with Crippen molar-refractivity contribution in [3.63, 3.8) is 0 Å². The maximum Gasteiger partial charge on any atom is 0.235 e. The first-order valence-corrected chi connectivity index (χ1v) is 9.25. The van der Waals surface area contributed by atoms with Crippen molar-refractivity contribution < 1.29 is 4.79 Å². The lowest BCUT2D eigenvalue weighted by Crippen LogP contribution is -2.36. The van der Waals surface area contributed by atoms with Gasteiger partial charge < -0.3 is 10.6 Å². The minimum atomic E-state index is -0.102. The zero-order valence-corrected chi connectivity index (χ0v) is 15.0. The summed E-state index contributed by atoms with van der Waals surface area (Å²) in [5.74, 6) is 0.404. The molecule has 1 aliphatic rings. The van der Waals surface area contributed by atoms with Crippen LogP contribution in [0.1, 0.15) is 24.0 Å². The first-order chi connectivity index (χ1) is 11.5. The third-order valence-corrected chi connectivity index (χ3v) is 5.69. The number of benzene rings is 2. The second kappa shape index (κ2) is 7.41. The van der Waals surface area contributed by atoms with E-state index in [4.69, 9.17) is 5.73 Å². The lowest BCUT2D eigenvalue weighted by molar-refractivity contribution is -0.129. The molecule has 0 radical (unpaired) electrons. The van der Waals surface area contributed by atoms with Crippen LogP contribution in [0.5, 0.6) is 0 Å². The molecular formula is C20H24N2OS. The first kappa shape index (κ1) is 17.1. The average molecular weight is 340 g/mol. The Hall–Kier alpha value is -1.78. The van der Waals surface area contributed by atoms with Gasteiger partial charge in [0.1, 0.15) is 0 Å². The maximum atomic E-state index is 12.8. The van der Waals surface area contributed by atoms with Crippen LogP contribution in [0.3, 0.4) is 0 Å². The summed E-state index contributed by atoms with van der Waals surface area (Å²) in [6, 6.07) is 18.6. The number of carbonyl (C=O) groups excluding carboxylic acids is 1. The average Bonchev–Trinajstić information content (AvgIpc) is 2.99. The number of nitrogens with two attached hydrogens (primary N) is 1. The second-order valence-corrected chi connectivity index (χ2v) is 7.91. The van der Waals surface area contributed by atoms with Crippen molar-refractivity contribution in [3.8, 4) is 0 Å². The van der Waals surface area contributed by atoms with Crippen molar-refractivity contribution >= 4 is 17.7 Å². The Balaban J connectivity index is 1.64. The van der Waals surface area contributed by atoms with Gasteiger partial charge in [-0.05, 0) is 31.5 Å². The molecule has 2 aromatic rings. The smallest absolute Gasteiger partial charge is 0.235 e. The number of thioether (sulfide) groups is 1. The van der Waals surface area contributed by atoms with Crippen molar-refractivity contribution in [2.24, 2.45) is 5.73 Å². The van der Waals surface area contributed by atoms with Gasteiger partial charge in [-0.1, -0.05) is 48.0 Å².